The van der Waals surface area contributed by atoms with Crippen LogP contribution < -0.4 is 0 Å². The van der Waals surface area contributed by atoms with E-state index in [4.69, 9.17) is 0 Å². The minimum atomic E-state index is -1.18. The van der Waals surface area contributed by atoms with Crippen LogP contribution in [0.1, 0.15) is 90.6 Å². The summed E-state index contributed by atoms with van der Waals surface area (Å²) in [6, 6.07) is 3.17. The van der Waals surface area contributed by atoms with Crippen molar-refractivity contribution in [2.45, 2.75) is 71.6 Å². The van der Waals surface area contributed by atoms with Gasteiger partial charge in [-0.05, 0) is 36.5 Å². The Balaban J connectivity index is 2.80. The van der Waals surface area contributed by atoms with E-state index in [1.165, 1.54) is 31.7 Å². The minimum Gasteiger partial charge on any atom is -0.478 e. The first-order valence-corrected chi connectivity index (χ1v) is 8.64. The normalized spacial score (nSPS) is 10.7. The highest BCUT2D eigenvalue weighted by molar-refractivity contribution is 6.03. The number of rotatable bonds is 11. The van der Waals surface area contributed by atoms with Crippen molar-refractivity contribution in [1.29, 1.82) is 0 Å². The van der Waals surface area contributed by atoms with E-state index in [-0.39, 0.29) is 11.1 Å². The molecule has 0 heterocycles. The molecule has 4 nitrogen and oxygen atoms in total. The predicted octanol–water partition coefficient (Wildman–Crippen LogP) is 4.94. The summed E-state index contributed by atoms with van der Waals surface area (Å²) in [6.07, 6.45) is 9.44. The smallest absolute Gasteiger partial charge is 0.336 e. The SMILES string of the molecule is CCCCCCCCCc1c(CC)ccc(C(=O)O)c1C(=O)O. The van der Waals surface area contributed by atoms with E-state index in [2.05, 4.69) is 6.92 Å². The van der Waals surface area contributed by atoms with Gasteiger partial charge in [0.2, 0.25) is 0 Å². The summed E-state index contributed by atoms with van der Waals surface area (Å²) >= 11 is 0. The van der Waals surface area contributed by atoms with E-state index >= 15 is 0 Å². The number of aromatic carboxylic acids is 2. The number of carboxylic acid groups (broad SMARTS) is 2. The molecule has 0 saturated carbocycles. The second-order valence-electron chi connectivity index (χ2n) is 5.96. The van der Waals surface area contributed by atoms with Gasteiger partial charge in [-0.15, -0.1) is 0 Å². The van der Waals surface area contributed by atoms with Crippen LogP contribution in [-0.2, 0) is 12.8 Å². The van der Waals surface area contributed by atoms with E-state index in [9.17, 15) is 19.8 Å². The van der Waals surface area contributed by atoms with Crippen molar-refractivity contribution in [1.82, 2.24) is 0 Å². The maximum atomic E-state index is 11.6. The molecule has 0 spiro atoms. The first kappa shape index (κ1) is 19.2. The summed E-state index contributed by atoms with van der Waals surface area (Å²) < 4.78 is 0. The first-order valence-electron chi connectivity index (χ1n) is 8.64. The van der Waals surface area contributed by atoms with Crippen LogP contribution >= 0.6 is 0 Å². The van der Waals surface area contributed by atoms with Crippen LogP contribution in [0.5, 0.6) is 0 Å². The van der Waals surface area contributed by atoms with Gasteiger partial charge in [0.25, 0.3) is 0 Å². The largest absolute Gasteiger partial charge is 0.478 e. The average molecular weight is 320 g/mol. The van der Waals surface area contributed by atoms with Gasteiger partial charge in [0.1, 0.15) is 0 Å². The van der Waals surface area contributed by atoms with Gasteiger partial charge in [0, 0.05) is 0 Å². The summed E-state index contributed by atoms with van der Waals surface area (Å²) in [4.78, 5) is 22.9. The first-order chi connectivity index (χ1) is 11.0. The van der Waals surface area contributed by atoms with Gasteiger partial charge in [0.15, 0.2) is 0 Å². The van der Waals surface area contributed by atoms with Crippen molar-refractivity contribution in [3.05, 3.63) is 34.4 Å². The molecule has 1 aromatic rings. The highest BCUT2D eigenvalue weighted by Crippen LogP contribution is 2.23. The van der Waals surface area contributed by atoms with Crippen molar-refractivity contribution in [3.63, 3.8) is 0 Å². The van der Waals surface area contributed by atoms with Crippen LogP contribution in [-0.4, -0.2) is 22.2 Å². The number of aryl methyl sites for hydroxylation is 1. The third-order valence-electron chi connectivity index (χ3n) is 4.27. The molecule has 2 N–H and O–H groups in total. The molecule has 0 bridgehead atoms. The lowest BCUT2D eigenvalue weighted by atomic mass is 9.90. The highest BCUT2D eigenvalue weighted by Gasteiger charge is 2.21. The zero-order valence-electron chi connectivity index (χ0n) is 14.2. The topological polar surface area (TPSA) is 74.6 Å². The molecule has 0 fully saturated rings. The molecule has 0 aliphatic rings. The van der Waals surface area contributed by atoms with E-state index < -0.39 is 11.9 Å². The Morgan fingerprint density at radius 3 is 2.00 bits per heavy atom. The minimum absolute atomic E-state index is 0.0252. The Kier molecular flexibility index (Phi) is 8.38. The lowest BCUT2D eigenvalue weighted by Gasteiger charge is -2.14. The number of carboxylic acids is 2. The summed E-state index contributed by atoms with van der Waals surface area (Å²) in [7, 11) is 0. The molecule has 0 amide bonds. The molecule has 1 rings (SSSR count). The van der Waals surface area contributed by atoms with Gasteiger partial charge in [-0.3, -0.25) is 0 Å². The van der Waals surface area contributed by atoms with E-state index in [0.717, 1.165) is 24.8 Å². The predicted molar refractivity (Wildman–Crippen MR) is 91.4 cm³/mol. The Bertz CT molecular complexity index is 534. The monoisotopic (exact) mass is 320 g/mol. The van der Waals surface area contributed by atoms with Crippen molar-refractivity contribution in [2.75, 3.05) is 0 Å². The average Bonchev–Trinajstić information content (AvgIpc) is 2.52. The number of unbranched alkanes of at least 4 members (excludes halogenated alkanes) is 6. The van der Waals surface area contributed by atoms with Crippen LogP contribution in [0, 0.1) is 0 Å². The fourth-order valence-electron chi connectivity index (χ4n) is 2.99. The Labute approximate surface area is 138 Å². The Hall–Kier alpha value is -1.84. The molecule has 0 aliphatic carbocycles. The van der Waals surface area contributed by atoms with E-state index in [0.29, 0.717) is 18.4 Å². The van der Waals surface area contributed by atoms with Crippen molar-refractivity contribution < 1.29 is 19.8 Å². The fourth-order valence-corrected chi connectivity index (χ4v) is 2.99. The summed E-state index contributed by atoms with van der Waals surface area (Å²) in [5.74, 6) is -2.32. The van der Waals surface area contributed by atoms with Crippen LogP contribution in [0.25, 0.3) is 0 Å². The molecule has 23 heavy (non-hydrogen) atoms. The van der Waals surface area contributed by atoms with E-state index in [1.807, 2.05) is 6.92 Å². The molecule has 0 unspecified atom stereocenters. The third kappa shape index (κ3) is 5.70. The van der Waals surface area contributed by atoms with Gasteiger partial charge in [-0.2, -0.15) is 0 Å². The molecule has 1 aromatic carbocycles. The van der Waals surface area contributed by atoms with E-state index in [1.54, 1.807) is 6.07 Å². The molecule has 0 atom stereocenters. The van der Waals surface area contributed by atoms with Crippen molar-refractivity contribution >= 4 is 11.9 Å². The Morgan fingerprint density at radius 1 is 0.870 bits per heavy atom. The summed E-state index contributed by atoms with van der Waals surface area (Å²) in [5.41, 5.74) is 1.52. The van der Waals surface area contributed by atoms with Crippen molar-refractivity contribution in [2.24, 2.45) is 0 Å². The second kappa shape index (κ2) is 10.0. The third-order valence-corrected chi connectivity index (χ3v) is 4.27. The molecular formula is C19H28O4. The molecule has 128 valence electrons. The number of hydrogen-bond acceptors (Lipinski definition) is 2. The van der Waals surface area contributed by atoms with Gasteiger partial charge < -0.3 is 10.2 Å². The van der Waals surface area contributed by atoms with Gasteiger partial charge in [0.05, 0.1) is 11.1 Å². The molecule has 0 aromatic heterocycles. The van der Waals surface area contributed by atoms with Crippen LogP contribution in [0.15, 0.2) is 12.1 Å². The number of benzene rings is 1. The zero-order valence-corrected chi connectivity index (χ0v) is 14.2. The fraction of sp³-hybridized carbons (Fsp3) is 0.579. The lowest BCUT2D eigenvalue weighted by molar-refractivity contribution is 0.0650. The van der Waals surface area contributed by atoms with Crippen LogP contribution in [0.4, 0.5) is 0 Å². The van der Waals surface area contributed by atoms with Crippen molar-refractivity contribution in [3.8, 4) is 0 Å². The Morgan fingerprint density at radius 2 is 1.48 bits per heavy atom. The summed E-state index contributed by atoms with van der Waals surface area (Å²) in [5, 5.41) is 18.7. The van der Waals surface area contributed by atoms with Gasteiger partial charge in [-0.25, -0.2) is 9.59 Å². The second-order valence-corrected chi connectivity index (χ2v) is 5.96. The maximum absolute atomic E-state index is 11.6. The van der Waals surface area contributed by atoms with Gasteiger partial charge >= 0.3 is 11.9 Å². The zero-order chi connectivity index (χ0) is 17.2. The standard InChI is InChI=1S/C19H28O4/c1-3-5-6-7-8-9-10-11-15-14(4-2)12-13-16(18(20)21)17(15)19(22)23/h12-13H,3-11H2,1-2H3,(H,20,21)(H,22,23). The highest BCUT2D eigenvalue weighted by atomic mass is 16.4. The summed E-state index contributed by atoms with van der Waals surface area (Å²) in [6.45, 7) is 4.16. The number of hydrogen-bond donors (Lipinski definition) is 2. The molecule has 0 aliphatic heterocycles. The van der Waals surface area contributed by atoms with Crippen LogP contribution in [0.3, 0.4) is 0 Å². The van der Waals surface area contributed by atoms with Gasteiger partial charge in [-0.1, -0.05) is 58.4 Å². The molecule has 4 heteroatoms. The quantitative estimate of drug-likeness (QED) is 0.566. The van der Waals surface area contributed by atoms with Crippen LogP contribution in [0.2, 0.25) is 0 Å². The molecule has 0 saturated heterocycles. The molecular weight excluding hydrogens is 292 g/mol. The maximum Gasteiger partial charge on any atom is 0.336 e. The number of carbonyl (C=O) groups is 2. The molecule has 0 radical (unpaired) electrons. The lowest BCUT2D eigenvalue weighted by Crippen LogP contribution is -2.13.